The lowest BCUT2D eigenvalue weighted by Crippen LogP contribution is -2.31. The second kappa shape index (κ2) is 9.26. The van der Waals surface area contributed by atoms with E-state index in [1.807, 2.05) is 55.5 Å². The summed E-state index contributed by atoms with van der Waals surface area (Å²) in [5.41, 5.74) is 1.23. The Kier molecular flexibility index (Phi) is 7.01. The lowest BCUT2D eigenvalue weighted by Gasteiger charge is -2.12. The van der Waals surface area contributed by atoms with Gasteiger partial charge in [0.05, 0.1) is 12.4 Å². The van der Waals surface area contributed by atoms with Crippen LogP contribution >= 0.6 is 11.8 Å². The Hall–Kier alpha value is -1.94. The van der Waals surface area contributed by atoms with E-state index < -0.39 is 0 Å². The number of benzene rings is 2. The van der Waals surface area contributed by atoms with Crippen molar-refractivity contribution < 1.29 is 9.53 Å². The molecular weight excluding hydrogens is 306 g/mol. The van der Waals surface area contributed by atoms with Crippen LogP contribution in [0.15, 0.2) is 59.5 Å². The van der Waals surface area contributed by atoms with Gasteiger partial charge < -0.3 is 10.1 Å². The topological polar surface area (TPSA) is 38.3 Å². The molecule has 3 nitrogen and oxygen atoms in total. The maximum Gasteiger partial charge on any atom is 0.233 e. The van der Waals surface area contributed by atoms with Crippen LogP contribution in [0.3, 0.4) is 0 Å². The molecule has 0 aliphatic rings. The summed E-state index contributed by atoms with van der Waals surface area (Å²) in [6.45, 7) is 2.63. The average molecular weight is 329 g/mol. The average Bonchev–Trinajstić information content (AvgIpc) is 2.59. The summed E-state index contributed by atoms with van der Waals surface area (Å²) in [6, 6.07) is 18.1. The number of nitrogens with one attached hydrogen (secondary N) is 1. The van der Waals surface area contributed by atoms with Gasteiger partial charge in [-0.1, -0.05) is 30.3 Å². The van der Waals surface area contributed by atoms with Crippen molar-refractivity contribution in [2.75, 3.05) is 13.7 Å². The van der Waals surface area contributed by atoms with Gasteiger partial charge in [0.2, 0.25) is 5.91 Å². The highest BCUT2D eigenvalue weighted by molar-refractivity contribution is 8.00. The van der Waals surface area contributed by atoms with Gasteiger partial charge in [-0.25, -0.2) is 0 Å². The van der Waals surface area contributed by atoms with E-state index >= 15 is 0 Å². The fourth-order valence-electron chi connectivity index (χ4n) is 2.23. The molecule has 0 spiro atoms. The van der Waals surface area contributed by atoms with Crippen LogP contribution < -0.4 is 10.1 Å². The summed E-state index contributed by atoms with van der Waals surface area (Å²) in [6.07, 6.45) is 1.85. The Morgan fingerprint density at radius 1 is 1.17 bits per heavy atom. The molecule has 23 heavy (non-hydrogen) atoms. The predicted molar refractivity (Wildman–Crippen MR) is 96.1 cm³/mol. The van der Waals surface area contributed by atoms with Crippen molar-refractivity contribution in [3.05, 3.63) is 60.2 Å². The molecule has 0 heterocycles. The first-order chi connectivity index (χ1) is 11.2. The van der Waals surface area contributed by atoms with E-state index in [0.717, 1.165) is 23.5 Å². The van der Waals surface area contributed by atoms with Gasteiger partial charge in [-0.05, 0) is 49.6 Å². The van der Waals surface area contributed by atoms with Gasteiger partial charge in [-0.15, -0.1) is 11.8 Å². The van der Waals surface area contributed by atoms with Gasteiger partial charge in [0, 0.05) is 11.4 Å². The van der Waals surface area contributed by atoms with Crippen molar-refractivity contribution in [2.24, 2.45) is 0 Å². The molecule has 1 unspecified atom stereocenters. The zero-order valence-corrected chi connectivity index (χ0v) is 14.4. The van der Waals surface area contributed by atoms with Crippen molar-refractivity contribution in [2.45, 2.75) is 29.9 Å². The molecule has 1 amide bonds. The van der Waals surface area contributed by atoms with Crippen LogP contribution in [-0.4, -0.2) is 24.8 Å². The molecular formula is C19H23NO2S. The van der Waals surface area contributed by atoms with E-state index in [2.05, 4.69) is 11.4 Å². The standard InChI is InChI=1S/C19H23NO2S/c1-15(23-18-11-4-3-5-12-18)19(21)20-13-7-9-16-8-6-10-17(14-16)22-2/h3-6,8,10-12,14-15H,7,9,13H2,1-2H3,(H,20,21). The van der Waals surface area contributed by atoms with E-state index in [1.54, 1.807) is 18.9 Å². The number of aryl methyl sites for hydroxylation is 1. The summed E-state index contributed by atoms with van der Waals surface area (Å²) < 4.78 is 5.21. The Labute approximate surface area is 142 Å². The minimum absolute atomic E-state index is 0.0875. The minimum Gasteiger partial charge on any atom is -0.497 e. The Morgan fingerprint density at radius 3 is 2.70 bits per heavy atom. The lowest BCUT2D eigenvalue weighted by atomic mass is 10.1. The van der Waals surface area contributed by atoms with E-state index in [0.29, 0.717) is 6.54 Å². The maximum atomic E-state index is 12.1. The Morgan fingerprint density at radius 2 is 1.96 bits per heavy atom. The summed E-state index contributed by atoms with van der Waals surface area (Å²) >= 11 is 1.58. The first kappa shape index (κ1) is 17.4. The number of rotatable bonds is 8. The van der Waals surface area contributed by atoms with Gasteiger partial charge in [0.15, 0.2) is 0 Å². The van der Waals surface area contributed by atoms with Crippen molar-refractivity contribution in [1.82, 2.24) is 5.32 Å². The van der Waals surface area contributed by atoms with E-state index in [-0.39, 0.29) is 11.2 Å². The first-order valence-electron chi connectivity index (χ1n) is 7.81. The zero-order chi connectivity index (χ0) is 16.5. The van der Waals surface area contributed by atoms with Gasteiger partial charge >= 0.3 is 0 Å². The van der Waals surface area contributed by atoms with Crippen molar-refractivity contribution in [1.29, 1.82) is 0 Å². The number of carbonyl (C=O) groups excluding carboxylic acids is 1. The van der Waals surface area contributed by atoms with E-state index in [1.165, 1.54) is 5.56 Å². The van der Waals surface area contributed by atoms with Crippen LogP contribution in [0.5, 0.6) is 5.75 Å². The number of amides is 1. The maximum absolute atomic E-state index is 12.1. The normalized spacial score (nSPS) is 11.7. The van der Waals surface area contributed by atoms with Gasteiger partial charge in [-0.3, -0.25) is 4.79 Å². The first-order valence-corrected chi connectivity index (χ1v) is 8.69. The van der Waals surface area contributed by atoms with E-state index in [4.69, 9.17) is 4.74 Å². The highest BCUT2D eigenvalue weighted by atomic mass is 32.2. The van der Waals surface area contributed by atoms with Crippen molar-refractivity contribution in [3.63, 3.8) is 0 Å². The number of methoxy groups -OCH3 is 1. The fraction of sp³-hybridized carbons (Fsp3) is 0.316. The summed E-state index contributed by atoms with van der Waals surface area (Å²) in [7, 11) is 1.67. The second-order valence-electron chi connectivity index (χ2n) is 5.32. The second-order valence-corrected chi connectivity index (χ2v) is 6.73. The number of thioether (sulfide) groups is 1. The largest absolute Gasteiger partial charge is 0.497 e. The highest BCUT2D eigenvalue weighted by Crippen LogP contribution is 2.22. The monoisotopic (exact) mass is 329 g/mol. The van der Waals surface area contributed by atoms with Crippen molar-refractivity contribution >= 4 is 17.7 Å². The number of hydrogen-bond acceptors (Lipinski definition) is 3. The molecule has 122 valence electrons. The molecule has 0 bridgehead atoms. The van der Waals surface area contributed by atoms with E-state index in [9.17, 15) is 4.79 Å². The number of carbonyl (C=O) groups is 1. The quantitative estimate of drug-likeness (QED) is 0.589. The molecule has 0 saturated heterocycles. The number of ether oxygens (including phenoxy) is 1. The molecule has 2 aromatic rings. The van der Waals surface area contributed by atoms with Crippen LogP contribution in [-0.2, 0) is 11.2 Å². The molecule has 0 fully saturated rings. The molecule has 4 heteroatoms. The molecule has 0 saturated carbocycles. The highest BCUT2D eigenvalue weighted by Gasteiger charge is 2.13. The summed E-state index contributed by atoms with van der Waals surface area (Å²) in [4.78, 5) is 13.2. The number of hydrogen-bond donors (Lipinski definition) is 1. The fourth-order valence-corrected chi connectivity index (χ4v) is 3.15. The molecule has 0 aliphatic carbocycles. The third-order valence-corrected chi connectivity index (χ3v) is 4.61. The lowest BCUT2D eigenvalue weighted by molar-refractivity contribution is -0.120. The Bertz CT molecular complexity index is 616. The van der Waals surface area contributed by atoms with Crippen molar-refractivity contribution in [3.8, 4) is 5.75 Å². The smallest absolute Gasteiger partial charge is 0.233 e. The predicted octanol–water partition coefficient (Wildman–Crippen LogP) is 3.92. The van der Waals surface area contributed by atoms with Crippen LogP contribution in [0.1, 0.15) is 18.9 Å². The van der Waals surface area contributed by atoms with Gasteiger partial charge in [0.1, 0.15) is 5.75 Å². The minimum atomic E-state index is -0.0887. The van der Waals surface area contributed by atoms with Gasteiger partial charge in [0.25, 0.3) is 0 Å². The van der Waals surface area contributed by atoms with Crippen LogP contribution in [0.25, 0.3) is 0 Å². The molecule has 1 atom stereocenters. The molecule has 0 radical (unpaired) electrons. The zero-order valence-electron chi connectivity index (χ0n) is 13.6. The SMILES string of the molecule is COc1cccc(CCCNC(=O)C(C)Sc2ccccc2)c1. The van der Waals surface area contributed by atoms with Crippen LogP contribution in [0.2, 0.25) is 0 Å². The molecule has 2 aromatic carbocycles. The molecule has 0 aliphatic heterocycles. The molecule has 0 aromatic heterocycles. The third kappa shape index (κ3) is 5.99. The van der Waals surface area contributed by atoms with Crippen LogP contribution in [0, 0.1) is 0 Å². The summed E-state index contributed by atoms with van der Waals surface area (Å²) in [5, 5.41) is 2.92. The van der Waals surface area contributed by atoms with Crippen LogP contribution in [0.4, 0.5) is 0 Å². The summed E-state index contributed by atoms with van der Waals surface area (Å²) in [5.74, 6) is 0.962. The molecule has 2 rings (SSSR count). The third-order valence-electron chi connectivity index (χ3n) is 3.50. The Balaban J connectivity index is 1.69. The van der Waals surface area contributed by atoms with Gasteiger partial charge in [-0.2, -0.15) is 0 Å². The molecule has 1 N–H and O–H groups in total.